The van der Waals surface area contributed by atoms with Crippen molar-refractivity contribution in [3.05, 3.63) is 72.9 Å². The van der Waals surface area contributed by atoms with E-state index < -0.39 is 97.5 Å². The van der Waals surface area contributed by atoms with Gasteiger partial charge in [0.15, 0.2) is 12.2 Å². The lowest BCUT2D eigenvalue weighted by molar-refractivity contribution is -0.161. The molecule has 0 saturated heterocycles. The monoisotopic (exact) mass is 1420 g/mol. The molecule has 98 heavy (non-hydrogen) atoms. The molecule has 0 fully saturated rings. The molecule has 570 valence electrons. The van der Waals surface area contributed by atoms with E-state index in [1.165, 1.54) is 135 Å². The summed E-state index contributed by atoms with van der Waals surface area (Å²) in [5.41, 5.74) is 0. The quantitative estimate of drug-likeness (QED) is 0.0169. The Morgan fingerprint density at radius 1 is 0.286 bits per heavy atom. The number of allylic oxidation sites excluding steroid dienone is 12. The van der Waals surface area contributed by atoms with Crippen molar-refractivity contribution in [2.75, 3.05) is 39.6 Å². The number of hydrogen-bond acceptors (Lipinski definition) is 15. The van der Waals surface area contributed by atoms with Crippen LogP contribution in [0.5, 0.6) is 0 Å². The van der Waals surface area contributed by atoms with Gasteiger partial charge in [-0.05, 0) is 103 Å². The second-order valence-corrected chi connectivity index (χ2v) is 29.3. The zero-order valence-electron chi connectivity index (χ0n) is 62.2. The summed E-state index contributed by atoms with van der Waals surface area (Å²) in [6.07, 6.45) is 71.6. The standard InChI is InChI=1S/C79H142O17P2/c1-5-9-13-17-21-25-29-33-36-40-44-48-52-56-60-64-77(82)90-70-75(96-79(84)66-62-58-54-50-46-42-38-35-31-27-23-19-15-11-7-3)72-94-98(87,88)92-68-73(80)67-91-97(85,86)93-71-74(69-89-76(81)63-59-55-51-47-43-39-32-28-24-20-16-12-8-4)95-78(83)65-61-57-53-49-45-41-37-34-30-26-22-18-14-10-6-2/h25-27,29-31,33-38,73-75,80H,5-24,28,32,39-72H2,1-4H3,(H,85,86)(H,87,88)/b29-25-,30-26-,31-27-,36-33-,37-34-,38-35-/t73-,74-,75-/m1/s1. The summed E-state index contributed by atoms with van der Waals surface area (Å²) in [5.74, 6) is -2.20. The summed E-state index contributed by atoms with van der Waals surface area (Å²) >= 11 is 0. The number of phosphoric acid groups is 2. The summed E-state index contributed by atoms with van der Waals surface area (Å²) in [7, 11) is -9.95. The van der Waals surface area contributed by atoms with Crippen LogP contribution in [0.1, 0.15) is 349 Å². The minimum absolute atomic E-state index is 0.0760. The molecular formula is C79H142O17P2. The molecule has 0 aromatic heterocycles. The Balaban J connectivity index is 5.37. The molecule has 5 atom stereocenters. The fourth-order valence-electron chi connectivity index (χ4n) is 10.7. The first-order valence-electron chi connectivity index (χ1n) is 39.2. The molecule has 0 aliphatic heterocycles. The number of carbonyl (C=O) groups excluding carboxylic acids is 4. The lowest BCUT2D eigenvalue weighted by atomic mass is 10.0. The van der Waals surface area contributed by atoms with Crippen molar-refractivity contribution >= 4 is 39.5 Å². The van der Waals surface area contributed by atoms with Crippen LogP contribution in [0, 0.1) is 0 Å². The molecule has 2 unspecified atom stereocenters. The van der Waals surface area contributed by atoms with Gasteiger partial charge in [-0.3, -0.25) is 37.3 Å². The maximum absolute atomic E-state index is 13.1. The van der Waals surface area contributed by atoms with Crippen molar-refractivity contribution in [2.45, 2.75) is 367 Å². The van der Waals surface area contributed by atoms with Gasteiger partial charge in [-0.1, -0.05) is 293 Å². The van der Waals surface area contributed by atoms with Crippen LogP contribution in [-0.4, -0.2) is 96.7 Å². The number of rotatable bonds is 74. The number of carbonyl (C=O) groups is 4. The second kappa shape index (κ2) is 71.9. The number of ether oxygens (including phenoxy) is 4. The van der Waals surface area contributed by atoms with Gasteiger partial charge in [0.1, 0.15) is 19.3 Å². The van der Waals surface area contributed by atoms with Gasteiger partial charge in [0, 0.05) is 25.7 Å². The highest BCUT2D eigenvalue weighted by atomic mass is 31.2. The molecule has 17 nitrogen and oxygen atoms in total. The van der Waals surface area contributed by atoms with E-state index in [2.05, 4.69) is 101 Å². The molecule has 0 aliphatic carbocycles. The Bertz CT molecular complexity index is 2140. The van der Waals surface area contributed by atoms with Gasteiger partial charge in [0.25, 0.3) is 0 Å². The van der Waals surface area contributed by atoms with Gasteiger partial charge in [-0.25, -0.2) is 9.13 Å². The molecule has 0 aromatic carbocycles. The Morgan fingerprint density at radius 2 is 0.490 bits per heavy atom. The molecule has 0 heterocycles. The van der Waals surface area contributed by atoms with Crippen LogP contribution in [0.3, 0.4) is 0 Å². The second-order valence-electron chi connectivity index (χ2n) is 26.4. The minimum atomic E-state index is -4.98. The number of aliphatic hydroxyl groups excluding tert-OH is 1. The van der Waals surface area contributed by atoms with E-state index in [1.807, 2.05) is 0 Å². The molecule has 0 radical (unpaired) electrons. The van der Waals surface area contributed by atoms with Crippen molar-refractivity contribution in [2.24, 2.45) is 0 Å². The van der Waals surface area contributed by atoms with Gasteiger partial charge in [0.2, 0.25) is 0 Å². The largest absolute Gasteiger partial charge is 0.472 e. The van der Waals surface area contributed by atoms with Crippen molar-refractivity contribution in [1.82, 2.24) is 0 Å². The topological polar surface area (TPSA) is 237 Å². The van der Waals surface area contributed by atoms with Crippen LogP contribution in [0.2, 0.25) is 0 Å². The van der Waals surface area contributed by atoms with E-state index in [0.717, 1.165) is 135 Å². The zero-order valence-corrected chi connectivity index (χ0v) is 64.0. The van der Waals surface area contributed by atoms with E-state index in [9.17, 15) is 43.2 Å². The highest BCUT2D eigenvalue weighted by Gasteiger charge is 2.30. The highest BCUT2D eigenvalue weighted by Crippen LogP contribution is 2.45. The number of aliphatic hydroxyl groups is 1. The van der Waals surface area contributed by atoms with Gasteiger partial charge >= 0.3 is 39.5 Å². The molecular weight excluding hydrogens is 1280 g/mol. The maximum Gasteiger partial charge on any atom is 0.472 e. The minimum Gasteiger partial charge on any atom is -0.462 e. The Hall–Kier alpha value is -3.50. The van der Waals surface area contributed by atoms with Crippen LogP contribution in [-0.2, 0) is 65.4 Å². The SMILES string of the molecule is CCCCCC/C=C\C=C/CCCCCCCC(=O)OC[C@H](COP(=O)(O)OC[C@H](O)COP(=O)(O)OC[C@@H](COC(=O)CCCCCCCCCCCCCCC)OC(=O)CCCCCCC/C=C\C=C/CCCCCC)OC(=O)CCCCCCC/C=C\C=C/CCCCCC. The molecule has 0 saturated carbocycles. The van der Waals surface area contributed by atoms with Gasteiger partial charge in [0.05, 0.1) is 26.4 Å². The van der Waals surface area contributed by atoms with E-state index in [0.29, 0.717) is 25.7 Å². The van der Waals surface area contributed by atoms with Crippen molar-refractivity contribution in [3.63, 3.8) is 0 Å². The lowest BCUT2D eigenvalue weighted by Gasteiger charge is -2.21. The first-order chi connectivity index (χ1) is 47.7. The first kappa shape index (κ1) is 94.5. The molecule has 0 rings (SSSR count). The van der Waals surface area contributed by atoms with E-state index in [1.54, 1.807) is 0 Å². The van der Waals surface area contributed by atoms with Crippen molar-refractivity contribution in [1.29, 1.82) is 0 Å². The third-order valence-corrected chi connectivity index (χ3v) is 18.6. The Kier molecular flexibility index (Phi) is 69.3. The third-order valence-electron chi connectivity index (χ3n) is 16.7. The Labute approximate surface area is 596 Å². The zero-order chi connectivity index (χ0) is 71.8. The van der Waals surface area contributed by atoms with E-state index in [4.69, 9.17) is 37.0 Å². The van der Waals surface area contributed by atoms with E-state index >= 15 is 0 Å². The molecule has 0 aliphatic rings. The average Bonchev–Trinajstić information content (AvgIpc) is 1.04. The van der Waals surface area contributed by atoms with Crippen LogP contribution < -0.4 is 0 Å². The number of esters is 4. The van der Waals surface area contributed by atoms with Crippen LogP contribution in [0.15, 0.2) is 72.9 Å². The summed E-state index contributed by atoms with van der Waals surface area (Å²) in [5, 5.41) is 10.6. The summed E-state index contributed by atoms with van der Waals surface area (Å²) in [6.45, 7) is 4.81. The van der Waals surface area contributed by atoms with Gasteiger partial charge in [-0.2, -0.15) is 0 Å². The van der Waals surface area contributed by atoms with Crippen molar-refractivity contribution < 1.29 is 80.2 Å². The van der Waals surface area contributed by atoms with Crippen LogP contribution in [0.25, 0.3) is 0 Å². The molecule has 19 heteroatoms. The molecule has 0 amide bonds. The molecule has 0 spiro atoms. The summed E-state index contributed by atoms with van der Waals surface area (Å²) in [4.78, 5) is 72.9. The highest BCUT2D eigenvalue weighted by molar-refractivity contribution is 7.47. The van der Waals surface area contributed by atoms with E-state index in [-0.39, 0.29) is 25.7 Å². The Morgan fingerprint density at radius 3 is 0.745 bits per heavy atom. The smallest absolute Gasteiger partial charge is 0.462 e. The van der Waals surface area contributed by atoms with Gasteiger partial charge in [-0.15, -0.1) is 0 Å². The third kappa shape index (κ3) is 70.9. The fourth-order valence-corrected chi connectivity index (χ4v) is 12.2. The lowest BCUT2D eigenvalue weighted by Crippen LogP contribution is -2.30. The summed E-state index contributed by atoms with van der Waals surface area (Å²) < 4.78 is 68.5. The van der Waals surface area contributed by atoms with Crippen LogP contribution in [0.4, 0.5) is 0 Å². The molecule has 0 bridgehead atoms. The number of unbranched alkanes of at least 4 members (excludes halogenated alkanes) is 39. The first-order valence-corrected chi connectivity index (χ1v) is 42.2. The fraction of sp³-hybridized carbons (Fsp3) is 0.797. The predicted octanol–water partition coefficient (Wildman–Crippen LogP) is 22.4. The average molecular weight is 1430 g/mol. The molecule has 3 N–H and O–H groups in total. The van der Waals surface area contributed by atoms with Crippen molar-refractivity contribution in [3.8, 4) is 0 Å². The normalized spacial score (nSPS) is 14.3. The number of hydrogen-bond donors (Lipinski definition) is 3. The predicted molar refractivity (Wildman–Crippen MR) is 400 cm³/mol. The molecule has 0 aromatic rings. The van der Waals surface area contributed by atoms with Gasteiger partial charge < -0.3 is 33.8 Å². The van der Waals surface area contributed by atoms with Crippen LogP contribution >= 0.6 is 15.6 Å². The number of phosphoric ester groups is 2. The summed E-state index contributed by atoms with van der Waals surface area (Å²) in [6, 6.07) is 0. The maximum atomic E-state index is 13.1.